The highest BCUT2D eigenvalue weighted by Crippen LogP contribution is 2.25. The molecule has 5 nitrogen and oxygen atoms in total. The maximum absolute atomic E-state index is 12.6. The Morgan fingerprint density at radius 2 is 1.63 bits per heavy atom. The Labute approximate surface area is 160 Å². The molecule has 0 bridgehead atoms. The van der Waals surface area contributed by atoms with Gasteiger partial charge in [0.2, 0.25) is 0 Å². The van der Waals surface area contributed by atoms with Crippen LogP contribution in [0.2, 0.25) is 0 Å². The Morgan fingerprint density at radius 3 is 2.30 bits per heavy atom. The molecular formula is C21H25NO4S. The molecule has 2 aromatic rings. The first-order chi connectivity index (χ1) is 12.8. The van der Waals surface area contributed by atoms with Gasteiger partial charge in [-0.2, -0.15) is 0 Å². The molecule has 0 radical (unpaired) electrons. The number of hydrogen-bond donors (Lipinski definition) is 1. The molecule has 6 heteroatoms. The Kier molecular flexibility index (Phi) is 5.56. The van der Waals surface area contributed by atoms with Crippen molar-refractivity contribution in [1.29, 1.82) is 0 Å². The second-order valence-corrected chi connectivity index (χ2v) is 8.80. The summed E-state index contributed by atoms with van der Waals surface area (Å²) in [5.74, 6) is -0.0991. The van der Waals surface area contributed by atoms with E-state index in [1.54, 1.807) is 26.0 Å². The van der Waals surface area contributed by atoms with Crippen LogP contribution in [0.4, 0.5) is 0 Å². The lowest BCUT2D eigenvalue weighted by molar-refractivity contribution is -0.121. The van der Waals surface area contributed by atoms with Crippen LogP contribution in [-0.4, -0.2) is 20.9 Å². The number of amides is 1. The molecule has 0 aromatic heterocycles. The quantitative estimate of drug-likeness (QED) is 0.854. The van der Waals surface area contributed by atoms with Crippen molar-refractivity contribution in [1.82, 2.24) is 4.72 Å². The molecule has 1 N–H and O–H groups in total. The number of sulfonamides is 1. The average Bonchev–Trinajstić information content (AvgIpc) is 2.58. The van der Waals surface area contributed by atoms with Crippen molar-refractivity contribution in [2.75, 3.05) is 6.61 Å². The van der Waals surface area contributed by atoms with Crippen LogP contribution in [-0.2, 0) is 27.7 Å². The number of hydrogen-bond acceptors (Lipinski definition) is 4. The summed E-state index contributed by atoms with van der Waals surface area (Å²) in [6.45, 7) is 5.01. The van der Waals surface area contributed by atoms with E-state index >= 15 is 0 Å². The van der Waals surface area contributed by atoms with Crippen molar-refractivity contribution >= 4 is 15.9 Å². The molecule has 0 fully saturated rings. The highest BCUT2D eigenvalue weighted by Gasteiger charge is 2.22. The fourth-order valence-corrected chi connectivity index (χ4v) is 5.20. The van der Waals surface area contributed by atoms with Gasteiger partial charge >= 0.3 is 0 Å². The van der Waals surface area contributed by atoms with Crippen molar-refractivity contribution in [3.63, 3.8) is 0 Å². The first kappa shape index (κ1) is 19.4. The van der Waals surface area contributed by atoms with Crippen LogP contribution in [0.15, 0.2) is 35.2 Å². The summed E-state index contributed by atoms with van der Waals surface area (Å²) in [4.78, 5) is 12.3. The highest BCUT2D eigenvalue weighted by molar-refractivity contribution is 7.90. The number of carbonyl (C=O) groups excluding carboxylic acids is 1. The van der Waals surface area contributed by atoms with E-state index in [9.17, 15) is 13.2 Å². The van der Waals surface area contributed by atoms with E-state index in [2.05, 4.69) is 4.72 Å². The molecule has 0 saturated carbocycles. The summed E-state index contributed by atoms with van der Waals surface area (Å²) in [6, 6.07) is 9.38. The number of nitrogens with one attached hydrogen (secondary N) is 1. The van der Waals surface area contributed by atoms with Crippen molar-refractivity contribution in [2.45, 2.75) is 51.3 Å². The first-order valence-corrected chi connectivity index (χ1v) is 10.6. The predicted molar refractivity (Wildman–Crippen MR) is 105 cm³/mol. The maximum Gasteiger partial charge on any atom is 0.271 e. The van der Waals surface area contributed by atoms with Crippen LogP contribution in [0.1, 0.15) is 40.7 Å². The van der Waals surface area contributed by atoms with Crippen LogP contribution in [0.5, 0.6) is 5.75 Å². The normalized spacial score (nSPS) is 13.7. The molecule has 0 saturated heterocycles. The summed E-state index contributed by atoms with van der Waals surface area (Å²) in [5.41, 5.74) is 4.78. The highest BCUT2D eigenvalue weighted by atomic mass is 32.2. The fourth-order valence-electron chi connectivity index (χ4n) is 3.77. The van der Waals surface area contributed by atoms with Crippen molar-refractivity contribution in [3.8, 4) is 5.75 Å². The van der Waals surface area contributed by atoms with Crippen molar-refractivity contribution in [2.24, 2.45) is 0 Å². The van der Waals surface area contributed by atoms with E-state index < -0.39 is 15.9 Å². The van der Waals surface area contributed by atoms with E-state index in [-0.39, 0.29) is 11.5 Å². The lowest BCUT2D eigenvalue weighted by atomic mass is 9.92. The summed E-state index contributed by atoms with van der Waals surface area (Å²) < 4.78 is 32.9. The van der Waals surface area contributed by atoms with E-state index in [1.165, 1.54) is 17.5 Å². The van der Waals surface area contributed by atoms with Gasteiger partial charge in [-0.3, -0.25) is 4.79 Å². The standard InChI is InChI=1S/C21H25NO4S/c1-14-10-15(2)21(16(3)11-14)27(24,25)22-20(23)13-26-19-9-8-17-6-4-5-7-18(17)12-19/h8-12H,4-7,13H2,1-3H3,(H,22,23). The predicted octanol–water partition coefficient (Wildman–Crippen LogP) is 3.37. The number of rotatable bonds is 5. The van der Waals surface area contributed by atoms with Gasteiger partial charge < -0.3 is 4.74 Å². The summed E-state index contributed by atoms with van der Waals surface area (Å²) in [5, 5.41) is 0. The molecule has 144 valence electrons. The molecule has 0 unspecified atom stereocenters. The van der Waals surface area contributed by atoms with Crippen LogP contribution in [0, 0.1) is 20.8 Å². The molecule has 0 spiro atoms. The number of aryl methyl sites for hydroxylation is 5. The molecule has 1 aliphatic rings. The molecular weight excluding hydrogens is 362 g/mol. The third-order valence-electron chi connectivity index (χ3n) is 4.81. The molecule has 2 aromatic carbocycles. The molecule has 0 atom stereocenters. The van der Waals surface area contributed by atoms with E-state index in [4.69, 9.17) is 4.74 Å². The van der Waals surface area contributed by atoms with Gasteiger partial charge in [-0.1, -0.05) is 23.8 Å². The van der Waals surface area contributed by atoms with Gasteiger partial charge in [-0.15, -0.1) is 0 Å². The second kappa shape index (κ2) is 7.72. The zero-order chi connectivity index (χ0) is 19.6. The summed E-state index contributed by atoms with van der Waals surface area (Å²) >= 11 is 0. The smallest absolute Gasteiger partial charge is 0.271 e. The van der Waals surface area contributed by atoms with Crippen molar-refractivity contribution in [3.05, 3.63) is 58.1 Å². The molecule has 0 heterocycles. The SMILES string of the molecule is Cc1cc(C)c(S(=O)(=O)NC(=O)COc2ccc3c(c2)CCCC3)c(C)c1. The average molecular weight is 388 g/mol. The first-order valence-electron chi connectivity index (χ1n) is 9.14. The topological polar surface area (TPSA) is 72.5 Å². The van der Waals surface area contributed by atoms with Gasteiger partial charge in [0.1, 0.15) is 5.75 Å². The maximum atomic E-state index is 12.6. The van der Waals surface area contributed by atoms with Crippen LogP contribution in [0.25, 0.3) is 0 Å². The van der Waals surface area contributed by atoms with E-state index in [0.717, 1.165) is 24.8 Å². The molecule has 1 amide bonds. The Morgan fingerprint density at radius 1 is 1.00 bits per heavy atom. The van der Waals surface area contributed by atoms with E-state index in [0.29, 0.717) is 16.9 Å². The second-order valence-electron chi connectivity index (χ2n) is 7.18. The van der Waals surface area contributed by atoms with Crippen LogP contribution in [0.3, 0.4) is 0 Å². The number of benzene rings is 2. The monoisotopic (exact) mass is 387 g/mol. The minimum absolute atomic E-state index is 0.148. The number of fused-ring (bicyclic) bond motifs is 1. The van der Waals surface area contributed by atoms with Gasteiger partial charge in [0, 0.05) is 0 Å². The third-order valence-corrected chi connectivity index (χ3v) is 6.49. The minimum Gasteiger partial charge on any atom is -0.484 e. The van der Waals surface area contributed by atoms with Crippen LogP contribution < -0.4 is 9.46 Å². The van der Waals surface area contributed by atoms with Crippen LogP contribution >= 0.6 is 0 Å². The van der Waals surface area contributed by atoms with Gasteiger partial charge in [0.25, 0.3) is 15.9 Å². The Bertz CT molecular complexity index is 957. The lowest BCUT2D eigenvalue weighted by Crippen LogP contribution is -2.35. The number of carbonyl (C=O) groups is 1. The Hall–Kier alpha value is -2.34. The van der Waals surface area contributed by atoms with Gasteiger partial charge in [-0.05, 0) is 80.8 Å². The summed E-state index contributed by atoms with van der Waals surface area (Å²) in [6.07, 6.45) is 4.44. The molecule has 3 rings (SSSR count). The van der Waals surface area contributed by atoms with E-state index in [1.807, 2.05) is 25.1 Å². The third kappa shape index (κ3) is 4.50. The largest absolute Gasteiger partial charge is 0.484 e. The fraction of sp³-hybridized carbons (Fsp3) is 0.381. The molecule has 27 heavy (non-hydrogen) atoms. The molecule has 0 aliphatic heterocycles. The lowest BCUT2D eigenvalue weighted by Gasteiger charge is -2.17. The Balaban J connectivity index is 1.67. The molecule has 1 aliphatic carbocycles. The zero-order valence-electron chi connectivity index (χ0n) is 16.0. The van der Waals surface area contributed by atoms with Gasteiger partial charge in [0.15, 0.2) is 6.61 Å². The van der Waals surface area contributed by atoms with Crippen molar-refractivity contribution < 1.29 is 17.9 Å². The minimum atomic E-state index is -3.94. The summed E-state index contributed by atoms with van der Waals surface area (Å²) in [7, 11) is -3.94. The zero-order valence-corrected chi connectivity index (χ0v) is 16.8. The van der Waals surface area contributed by atoms with Gasteiger partial charge in [-0.25, -0.2) is 13.1 Å². The number of ether oxygens (including phenoxy) is 1. The van der Waals surface area contributed by atoms with Gasteiger partial charge in [0.05, 0.1) is 4.90 Å².